The van der Waals surface area contributed by atoms with Crippen LogP contribution in [0.25, 0.3) is 44.4 Å². The normalized spacial score (nSPS) is 21.3. The highest BCUT2D eigenvalue weighted by atomic mass is 19.3. The van der Waals surface area contributed by atoms with Crippen LogP contribution in [0.2, 0.25) is 0 Å². The fourth-order valence-corrected chi connectivity index (χ4v) is 7.95. The van der Waals surface area contributed by atoms with E-state index in [9.17, 15) is 0 Å². The van der Waals surface area contributed by atoms with Crippen molar-refractivity contribution in [1.29, 1.82) is 0 Å². The van der Waals surface area contributed by atoms with Crippen molar-refractivity contribution in [1.82, 2.24) is 15.3 Å². The average molecular weight is 621 g/mol. The lowest BCUT2D eigenvalue weighted by molar-refractivity contribution is -0.225. The van der Waals surface area contributed by atoms with Gasteiger partial charge in [0, 0.05) is 35.2 Å². The van der Waals surface area contributed by atoms with Crippen molar-refractivity contribution in [3.8, 4) is 33.4 Å². The summed E-state index contributed by atoms with van der Waals surface area (Å²) in [5.74, 6) is -7.43. The number of H-pyrrole nitrogens is 1. The third-order valence-corrected chi connectivity index (χ3v) is 10.5. The van der Waals surface area contributed by atoms with E-state index in [1.807, 2.05) is 36.4 Å². The van der Waals surface area contributed by atoms with Gasteiger partial charge in [-0.15, -0.1) is 0 Å². The smallest absolute Gasteiger partial charge is 0.340 e. The second-order valence-electron chi connectivity index (χ2n) is 13.3. The summed E-state index contributed by atoms with van der Waals surface area (Å²) in [6.07, 6.45) is 7.45. The van der Waals surface area contributed by atoms with Crippen molar-refractivity contribution in [3.05, 3.63) is 95.3 Å². The van der Waals surface area contributed by atoms with Gasteiger partial charge in [0.05, 0.1) is 16.7 Å². The first-order valence-corrected chi connectivity index (χ1v) is 16.3. The van der Waals surface area contributed by atoms with Crippen LogP contribution in [-0.4, -0.2) is 28.3 Å². The molecule has 1 saturated heterocycles. The Morgan fingerprint density at radius 3 is 1.98 bits per heavy atom. The van der Waals surface area contributed by atoms with E-state index in [1.54, 1.807) is 24.3 Å². The number of imidazole rings is 1. The summed E-state index contributed by atoms with van der Waals surface area (Å²) in [6, 6.07) is 20.6. The van der Waals surface area contributed by atoms with E-state index in [1.165, 1.54) is 25.0 Å². The molecule has 2 aliphatic carbocycles. The van der Waals surface area contributed by atoms with Gasteiger partial charge in [0.25, 0.3) is 0 Å². The lowest BCUT2D eigenvalue weighted by Crippen LogP contribution is -2.39. The number of halogens is 4. The van der Waals surface area contributed by atoms with Crippen LogP contribution < -0.4 is 5.32 Å². The number of aromatic amines is 1. The first-order valence-electron chi connectivity index (χ1n) is 16.3. The van der Waals surface area contributed by atoms with Crippen molar-refractivity contribution < 1.29 is 17.6 Å². The van der Waals surface area contributed by atoms with E-state index in [-0.39, 0.29) is 17.2 Å². The minimum absolute atomic E-state index is 0.128. The Balaban J connectivity index is 1.07. The molecule has 5 aromatic rings. The minimum atomic E-state index is -4.40. The fraction of sp³-hybridized carbons (Fsp3) is 0.316. The van der Waals surface area contributed by atoms with Crippen LogP contribution in [0.4, 0.5) is 23.2 Å². The van der Waals surface area contributed by atoms with Gasteiger partial charge in [-0.1, -0.05) is 49.2 Å². The van der Waals surface area contributed by atoms with Crippen molar-refractivity contribution in [2.75, 3.05) is 6.54 Å². The van der Waals surface area contributed by atoms with E-state index in [0.29, 0.717) is 34.6 Å². The van der Waals surface area contributed by atoms with Gasteiger partial charge in [-0.05, 0) is 108 Å². The molecule has 0 unspecified atom stereocenters. The quantitative estimate of drug-likeness (QED) is 0.197. The third kappa shape index (κ3) is 4.22. The van der Waals surface area contributed by atoms with Gasteiger partial charge in [0.15, 0.2) is 0 Å². The summed E-state index contributed by atoms with van der Waals surface area (Å²) in [7, 11) is 0. The van der Waals surface area contributed by atoms with Crippen LogP contribution in [0.5, 0.6) is 0 Å². The summed E-state index contributed by atoms with van der Waals surface area (Å²) in [5.41, 5.74) is 5.90. The molecule has 1 saturated carbocycles. The lowest BCUT2D eigenvalue weighted by Gasteiger charge is -2.35. The largest absolute Gasteiger partial charge is 0.342 e. The molecule has 2 fully saturated rings. The number of aromatic nitrogens is 2. The molecule has 9 rings (SSSR count). The van der Waals surface area contributed by atoms with Crippen molar-refractivity contribution in [3.63, 3.8) is 0 Å². The number of nitrogens with one attached hydrogen (secondary N) is 2. The molecule has 1 atom stereocenters. The molecule has 46 heavy (non-hydrogen) atoms. The summed E-state index contributed by atoms with van der Waals surface area (Å²) in [4.78, 5) is 13.0. The molecule has 232 valence electrons. The van der Waals surface area contributed by atoms with E-state index in [0.717, 1.165) is 66.0 Å². The zero-order valence-electron chi connectivity index (χ0n) is 25.1. The molecule has 0 radical (unpaired) electrons. The fourth-order valence-electron chi connectivity index (χ4n) is 7.95. The maximum Gasteiger partial charge on any atom is 0.340 e. The SMILES string of the molecule is FC1(F)c2cc(-c3ccc4c(c3)CC([C@@H]3CCCN3)=N4)ccc2-c2ccc(-c3ccc4nc(C5CCCC5)[nH]c4c3)cc2C1(F)F. The zero-order valence-corrected chi connectivity index (χ0v) is 25.1. The molecule has 0 amide bonds. The maximum atomic E-state index is 15.9. The number of nitrogens with zero attached hydrogens (tertiary/aromatic N) is 2. The Labute approximate surface area is 264 Å². The molecular formula is C38H32F4N4. The molecule has 4 aliphatic rings. The Kier molecular flexibility index (Phi) is 6.14. The number of hydrogen-bond donors (Lipinski definition) is 2. The van der Waals surface area contributed by atoms with Crippen LogP contribution in [-0.2, 0) is 18.3 Å². The average Bonchev–Trinajstić information content (AvgIpc) is 3.89. The highest BCUT2D eigenvalue weighted by Gasteiger charge is 2.62. The van der Waals surface area contributed by atoms with Gasteiger partial charge < -0.3 is 10.3 Å². The Morgan fingerprint density at radius 1 is 0.674 bits per heavy atom. The van der Waals surface area contributed by atoms with Gasteiger partial charge in [-0.3, -0.25) is 4.99 Å². The minimum Gasteiger partial charge on any atom is -0.342 e. The molecule has 2 N–H and O–H groups in total. The monoisotopic (exact) mass is 620 g/mol. The molecule has 4 nitrogen and oxygen atoms in total. The van der Waals surface area contributed by atoms with Crippen molar-refractivity contribution in [2.24, 2.45) is 4.99 Å². The van der Waals surface area contributed by atoms with Gasteiger partial charge in [-0.2, -0.15) is 17.6 Å². The van der Waals surface area contributed by atoms with E-state index >= 15 is 17.6 Å². The third-order valence-electron chi connectivity index (χ3n) is 10.5. The second-order valence-corrected chi connectivity index (χ2v) is 13.3. The summed E-state index contributed by atoms with van der Waals surface area (Å²) >= 11 is 0. The van der Waals surface area contributed by atoms with Crippen LogP contribution in [0.3, 0.4) is 0 Å². The Bertz CT molecular complexity index is 2060. The number of fused-ring (bicyclic) bond motifs is 5. The molecule has 0 bridgehead atoms. The number of aliphatic imine (C=N–C) groups is 1. The summed E-state index contributed by atoms with van der Waals surface area (Å²) < 4.78 is 63.6. The molecule has 0 spiro atoms. The first-order chi connectivity index (χ1) is 22.3. The van der Waals surface area contributed by atoms with Crippen LogP contribution >= 0.6 is 0 Å². The predicted molar refractivity (Wildman–Crippen MR) is 173 cm³/mol. The topological polar surface area (TPSA) is 53.1 Å². The van der Waals surface area contributed by atoms with Crippen LogP contribution in [0.15, 0.2) is 77.8 Å². The molecule has 2 aliphatic heterocycles. The Hall–Kier alpha value is -4.30. The summed E-state index contributed by atoms with van der Waals surface area (Å²) in [5, 5.41) is 3.48. The lowest BCUT2D eigenvalue weighted by atomic mass is 9.78. The highest BCUT2D eigenvalue weighted by molar-refractivity contribution is 5.98. The Morgan fingerprint density at radius 2 is 1.30 bits per heavy atom. The van der Waals surface area contributed by atoms with Crippen LogP contribution in [0, 0.1) is 0 Å². The maximum absolute atomic E-state index is 15.9. The van der Waals surface area contributed by atoms with Gasteiger partial charge in [0.1, 0.15) is 5.82 Å². The molecule has 4 aromatic carbocycles. The summed E-state index contributed by atoms with van der Waals surface area (Å²) in [6.45, 7) is 0.978. The first kappa shape index (κ1) is 28.0. The zero-order chi connectivity index (χ0) is 31.2. The van der Waals surface area contributed by atoms with Crippen molar-refractivity contribution in [2.45, 2.75) is 68.8 Å². The molecular weight excluding hydrogens is 588 g/mol. The molecule has 1 aromatic heterocycles. The molecule has 8 heteroatoms. The van der Waals surface area contributed by atoms with Gasteiger partial charge >= 0.3 is 11.8 Å². The van der Waals surface area contributed by atoms with E-state index in [4.69, 9.17) is 9.98 Å². The second kappa shape index (κ2) is 10.1. The van der Waals surface area contributed by atoms with E-state index < -0.39 is 23.0 Å². The standard InChI is InChI=1S/C38H32F4N4/c39-37(40)29-17-23(22-9-13-31-26(16-22)20-34(44-31)32-6-3-15-43-32)7-11-27(29)28-12-8-24(18-30(28)38(37,41)42)25-10-14-33-35(19-25)46-36(45-33)21-4-1-2-5-21/h7-14,16-19,21,32,43H,1-6,15,20H2,(H,45,46)/t32-/m0/s1. The molecule has 3 heterocycles. The highest BCUT2D eigenvalue weighted by Crippen LogP contribution is 2.59. The number of hydrogen-bond acceptors (Lipinski definition) is 3. The van der Waals surface area contributed by atoms with Gasteiger partial charge in [0.2, 0.25) is 0 Å². The number of rotatable bonds is 4. The van der Waals surface area contributed by atoms with Crippen molar-refractivity contribution >= 4 is 22.4 Å². The van der Waals surface area contributed by atoms with E-state index in [2.05, 4.69) is 10.3 Å². The predicted octanol–water partition coefficient (Wildman–Crippen LogP) is 9.80. The number of benzene rings is 4. The number of alkyl halides is 4. The van der Waals surface area contributed by atoms with Gasteiger partial charge in [-0.25, -0.2) is 4.98 Å². The van der Waals surface area contributed by atoms with Crippen LogP contribution in [0.1, 0.15) is 67.0 Å².